The largest absolute Gasteiger partial charge is 0.458 e. The van der Waals surface area contributed by atoms with Crippen LogP contribution in [0.3, 0.4) is 0 Å². The summed E-state index contributed by atoms with van der Waals surface area (Å²) in [5.41, 5.74) is 2.39. The first-order valence-electron chi connectivity index (χ1n) is 9.72. The number of hydrogen-bond acceptors (Lipinski definition) is 7. The van der Waals surface area contributed by atoms with Gasteiger partial charge in [-0.2, -0.15) is 0 Å². The van der Waals surface area contributed by atoms with Gasteiger partial charge in [0.25, 0.3) is 5.91 Å². The Hall–Kier alpha value is -3.03. The van der Waals surface area contributed by atoms with Crippen LogP contribution in [-0.4, -0.2) is 42.4 Å². The Balaban J connectivity index is 1.72. The van der Waals surface area contributed by atoms with E-state index in [1.54, 1.807) is 6.07 Å². The van der Waals surface area contributed by atoms with E-state index in [-0.39, 0.29) is 12.7 Å². The topological polar surface area (TPSA) is 100 Å². The lowest BCUT2D eigenvalue weighted by atomic mass is 9.61. The SMILES string of the molecule is CC(=O)O[C@@H]1[C@H](OC(C)=O)CC2=C3c4cc5c(cc4C(=O)N[C@@]31CCC2)OCO5. The number of carbonyl (C=O) groups is 3. The third-order valence-electron chi connectivity index (χ3n) is 6.09. The predicted molar refractivity (Wildman–Crippen MR) is 99.3 cm³/mol. The third-order valence-corrected chi connectivity index (χ3v) is 6.09. The molecule has 0 unspecified atom stereocenters. The average molecular weight is 399 g/mol. The summed E-state index contributed by atoms with van der Waals surface area (Å²) in [5.74, 6) is -0.0807. The summed E-state index contributed by atoms with van der Waals surface area (Å²) in [6, 6.07) is 3.53. The molecular formula is C21H21NO7. The Morgan fingerprint density at radius 2 is 1.79 bits per heavy atom. The minimum atomic E-state index is -0.935. The van der Waals surface area contributed by atoms with Gasteiger partial charge in [-0.3, -0.25) is 14.4 Å². The summed E-state index contributed by atoms with van der Waals surface area (Å²) in [7, 11) is 0. The molecule has 1 N–H and O–H groups in total. The second-order valence-corrected chi connectivity index (χ2v) is 7.89. The van der Waals surface area contributed by atoms with E-state index in [4.69, 9.17) is 18.9 Å². The molecule has 2 aliphatic carbocycles. The highest BCUT2D eigenvalue weighted by molar-refractivity contribution is 6.07. The smallest absolute Gasteiger partial charge is 0.303 e. The number of benzene rings is 1. The zero-order valence-electron chi connectivity index (χ0n) is 16.2. The van der Waals surface area contributed by atoms with E-state index in [9.17, 15) is 14.4 Å². The lowest BCUT2D eigenvalue weighted by Crippen LogP contribution is -2.67. The molecule has 0 saturated carbocycles. The summed E-state index contributed by atoms with van der Waals surface area (Å²) in [5, 5.41) is 3.11. The first-order chi connectivity index (χ1) is 13.9. The molecule has 4 aliphatic rings. The molecule has 0 radical (unpaired) electrons. The quantitative estimate of drug-likeness (QED) is 0.760. The summed E-state index contributed by atoms with van der Waals surface area (Å²) < 4.78 is 22.2. The maximum absolute atomic E-state index is 13.1. The van der Waals surface area contributed by atoms with Crippen LogP contribution >= 0.6 is 0 Å². The van der Waals surface area contributed by atoms with E-state index in [0.717, 1.165) is 29.6 Å². The van der Waals surface area contributed by atoms with Crippen molar-refractivity contribution in [3.63, 3.8) is 0 Å². The molecule has 2 heterocycles. The summed E-state index contributed by atoms with van der Waals surface area (Å²) >= 11 is 0. The van der Waals surface area contributed by atoms with Crippen LogP contribution in [0.15, 0.2) is 17.7 Å². The van der Waals surface area contributed by atoms with Gasteiger partial charge < -0.3 is 24.3 Å². The second kappa shape index (κ2) is 6.23. The van der Waals surface area contributed by atoms with Gasteiger partial charge in [0.2, 0.25) is 6.79 Å². The first-order valence-corrected chi connectivity index (χ1v) is 9.72. The molecule has 0 aromatic heterocycles. The fraction of sp³-hybridized carbons (Fsp3) is 0.476. The molecule has 0 spiro atoms. The summed E-state index contributed by atoms with van der Waals surface area (Å²) in [4.78, 5) is 36.8. The monoisotopic (exact) mass is 399 g/mol. The van der Waals surface area contributed by atoms with E-state index in [1.165, 1.54) is 13.8 Å². The Morgan fingerprint density at radius 3 is 2.48 bits per heavy atom. The number of ether oxygens (including phenoxy) is 4. The molecule has 8 heteroatoms. The molecule has 1 aromatic rings. The lowest BCUT2D eigenvalue weighted by molar-refractivity contribution is -0.172. The van der Waals surface area contributed by atoms with Crippen molar-refractivity contribution in [3.05, 3.63) is 28.8 Å². The first kappa shape index (κ1) is 18.0. The van der Waals surface area contributed by atoms with Gasteiger partial charge in [0, 0.05) is 20.3 Å². The molecule has 8 nitrogen and oxygen atoms in total. The van der Waals surface area contributed by atoms with E-state index < -0.39 is 29.7 Å². The van der Waals surface area contributed by atoms with Crippen LogP contribution in [0.5, 0.6) is 11.5 Å². The molecular weight excluding hydrogens is 378 g/mol. The Bertz CT molecular complexity index is 981. The summed E-state index contributed by atoms with van der Waals surface area (Å²) in [6.07, 6.45) is 1.26. The van der Waals surface area contributed by atoms with Crippen LogP contribution in [0, 0.1) is 0 Å². The molecule has 152 valence electrons. The zero-order chi connectivity index (χ0) is 20.3. The van der Waals surface area contributed by atoms with Crippen LogP contribution in [0.1, 0.15) is 55.5 Å². The van der Waals surface area contributed by atoms with Crippen LogP contribution < -0.4 is 14.8 Å². The van der Waals surface area contributed by atoms with Crippen molar-refractivity contribution in [2.75, 3.05) is 6.79 Å². The van der Waals surface area contributed by atoms with Crippen LogP contribution in [0.2, 0.25) is 0 Å². The standard InChI is InChI=1S/C21H21NO7/c1-10(23)28-17-6-12-4-3-5-21(19(17)29-11(2)24)18(12)13-7-15-16(27-9-26-15)8-14(13)20(25)22-21/h7-8,17,19H,3-6,9H2,1-2H3,(H,22,25)/t17-,19-,21+/m1/s1. The molecule has 2 bridgehead atoms. The van der Waals surface area contributed by atoms with E-state index in [0.29, 0.717) is 29.9 Å². The Kier molecular flexibility index (Phi) is 3.88. The van der Waals surface area contributed by atoms with Crippen LogP contribution in [-0.2, 0) is 19.1 Å². The number of fused-ring (bicyclic) bond motifs is 2. The number of carbonyl (C=O) groups excluding carboxylic acids is 3. The van der Waals surface area contributed by atoms with Crippen molar-refractivity contribution >= 4 is 23.4 Å². The average Bonchev–Trinajstić information content (AvgIpc) is 3.10. The molecule has 2 aliphatic heterocycles. The fourth-order valence-corrected chi connectivity index (χ4v) is 5.21. The van der Waals surface area contributed by atoms with Crippen molar-refractivity contribution < 1.29 is 33.3 Å². The van der Waals surface area contributed by atoms with Crippen molar-refractivity contribution in [3.8, 4) is 11.5 Å². The normalized spacial score (nSPS) is 28.8. The lowest BCUT2D eigenvalue weighted by Gasteiger charge is -2.53. The highest BCUT2D eigenvalue weighted by atomic mass is 16.7. The number of esters is 2. The van der Waals surface area contributed by atoms with Crippen molar-refractivity contribution in [2.45, 2.75) is 57.3 Å². The number of nitrogens with one attached hydrogen (secondary N) is 1. The van der Waals surface area contributed by atoms with Gasteiger partial charge in [-0.1, -0.05) is 5.57 Å². The minimum absolute atomic E-state index is 0.113. The van der Waals surface area contributed by atoms with Gasteiger partial charge >= 0.3 is 11.9 Å². The van der Waals surface area contributed by atoms with Gasteiger partial charge in [-0.05, 0) is 42.5 Å². The highest BCUT2D eigenvalue weighted by Gasteiger charge is 2.58. The molecule has 0 fully saturated rings. The van der Waals surface area contributed by atoms with Gasteiger partial charge in [-0.25, -0.2) is 0 Å². The molecule has 3 atom stereocenters. The van der Waals surface area contributed by atoms with E-state index in [2.05, 4.69) is 5.32 Å². The number of hydrogen-bond donors (Lipinski definition) is 1. The number of amides is 1. The maximum Gasteiger partial charge on any atom is 0.303 e. The van der Waals surface area contributed by atoms with E-state index in [1.807, 2.05) is 6.07 Å². The molecule has 1 aromatic carbocycles. The maximum atomic E-state index is 13.1. The van der Waals surface area contributed by atoms with Crippen molar-refractivity contribution in [2.24, 2.45) is 0 Å². The fourth-order valence-electron chi connectivity index (χ4n) is 5.21. The van der Waals surface area contributed by atoms with Gasteiger partial charge in [-0.15, -0.1) is 0 Å². The highest BCUT2D eigenvalue weighted by Crippen LogP contribution is 2.54. The Labute approximate surface area is 167 Å². The third kappa shape index (κ3) is 2.62. The molecule has 0 saturated heterocycles. The van der Waals surface area contributed by atoms with E-state index >= 15 is 0 Å². The molecule has 5 rings (SSSR count). The predicted octanol–water partition coefficient (Wildman–Crippen LogP) is 2.10. The number of rotatable bonds is 2. The van der Waals surface area contributed by atoms with Crippen LogP contribution in [0.25, 0.3) is 5.57 Å². The Morgan fingerprint density at radius 1 is 1.10 bits per heavy atom. The summed E-state index contributed by atoms with van der Waals surface area (Å²) in [6.45, 7) is 2.76. The minimum Gasteiger partial charge on any atom is -0.458 e. The van der Waals surface area contributed by atoms with Gasteiger partial charge in [0.15, 0.2) is 17.6 Å². The van der Waals surface area contributed by atoms with Crippen molar-refractivity contribution in [1.29, 1.82) is 0 Å². The van der Waals surface area contributed by atoms with Gasteiger partial charge in [0.05, 0.1) is 5.56 Å². The molecule has 29 heavy (non-hydrogen) atoms. The second-order valence-electron chi connectivity index (χ2n) is 7.89. The van der Waals surface area contributed by atoms with Crippen LogP contribution in [0.4, 0.5) is 0 Å². The zero-order valence-corrected chi connectivity index (χ0v) is 16.2. The van der Waals surface area contributed by atoms with Crippen molar-refractivity contribution in [1.82, 2.24) is 5.32 Å². The molecule has 1 amide bonds. The van der Waals surface area contributed by atoms with Gasteiger partial charge in [0.1, 0.15) is 11.6 Å².